The SMILES string of the molecule is FC(F)(F)c1cccnc(-c2cnccn2)[nH]cc1. The number of aromatic nitrogens is 4. The third-order valence-corrected chi connectivity index (χ3v) is 2.18. The molecule has 0 aliphatic rings. The van der Waals surface area contributed by atoms with Crippen molar-refractivity contribution in [2.75, 3.05) is 0 Å². The van der Waals surface area contributed by atoms with Crippen LogP contribution in [0.2, 0.25) is 0 Å². The van der Waals surface area contributed by atoms with E-state index in [9.17, 15) is 13.2 Å². The molecule has 19 heavy (non-hydrogen) atoms. The number of nitrogens with one attached hydrogen (secondary N) is 1. The molecule has 0 fully saturated rings. The molecule has 7 heteroatoms. The van der Waals surface area contributed by atoms with Crippen LogP contribution in [-0.4, -0.2) is 19.9 Å². The number of nitrogens with zero attached hydrogens (tertiary/aromatic N) is 3. The molecule has 2 aromatic rings. The molecular formula is C12H9F3N4. The van der Waals surface area contributed by atoms with Crippen LogP contribution in [-0.2, 0) is 6.18 Å². The second-order valence-corrected chi connectivity index (χ2v) is 3.51. The Bertz CT molecular complexity index is 591. The van der Waals surface area contributed by atoms with Gasteiger partial charge in [-0.3, -0.25) is 4.98 Å². The summed E-state index contributed by atoms with van der Waals surface area (Å²) >= 11 is 0. The quantitative estimate of drug-likeness (QED) is 0.863. The molecule has 0 bridgehead atoms. The maximum atomic E-state index is 12.6. The molecule has 4 nitrogen and oxygen atoms in total. The van der Waals surface area contributed by atoms with Crippen molar-refractivity contribution >= 4 is 0 Å². The first-order valence-electron chi connectivity index (χ1n) is 5.28. The van der Waals surface area contributed by atoms with E-state index in [1.807, 2.05) is 0 Å². The second kappa shape index (κ2) is 5.47. The summed E-state index contributed by atoms with van der Waals surface area (Å²) in [5, 5.41) is 0. The second-order valence-electron chi connectivity index (χ2n) is 3.51. The van der Waals surface area contributed by atoms with Crippen LogP contribution in [0.5, 0.6) is 0 Å². The Morgan fingerprint density at radius 2 is 1.84 bits per heavy atom. The minimum Gasteiger partial charge on any atom is -0.345 e. The Hall–Kier alpha value is -2.44. The minimum atomic E-state index is -4.40. The van der Waals surface area contributed by atoms with Crippen molar-refractivity contribution < 1.29 is 13.2 Å². The lowest BCUT2D eigenvalue weighted by atomic mass is 10.3. The Kier molecular flexibility index (Phi) is 3.74. The number of halogens is 3. The lowest BCUT2D eigenvalue weighted by molar-refractivity contribution is -0.137. The molecule has 2 heterocycles. The summed E-state index contributed by atoms with van der Waals surface area (Å²) in [5.74, 6) is 0.317. The zero-order valence-electron chi connectivity index (χ0n) is 9.59. The first-order chi connectivity index (χ1) is 9.07. The van der Waals surface area contributed by atoms with Gasteiger partial charge in [-0.2, -0.15) is 13.2 Å². The molecule has 0 atom stereocenters. The summed E-state index contributed by atoms with van der Waals surface area (Å²) in [4.78, 5) is 14.5. The molecule has 2 rings (SSSR count). The fraction of sp³-hybridized carbons (Fsp3) is 0.0833. The first-order valence-corrected chi connectivity index (χ1v) is 5.28. The highest BCUT2D eigenvalue weighted by molar-refractivity contribution is 5.45. The number of hydrogen-bond donors (Lipinski definition) is 1. The summed E-state index contributed by atoms with van der Waals surface area (Å²) in [5.41, 5.74) is -0.334. The van der Waals surface area contributed by atoms with Gasteiger partial charge in [0.05, 0.1) is 11.8 Å². The fourth-order valence-electron chi connectivity index (χ4n) is 1.32. The third-order valence-electron chi connectivity index (χ3n) is 2.18. The summed E-state index contributed by atoms with van der Waals surface area (Å²) in [6, 6.07) is 3.10. The molecule has 98 valence electrons. The molecule has 0 saturated carbocycles. The molecule has 0 aliphatic carbocycles. The van der Waals surface area contributed by atoms with Gasteiger partial charge in [0.15, 0.2) is 5.82 Å². The number of alkyl halides is 3. The van der Waals surface area contributed by atoms with E-state index in [-0.39, 0.29) is 0 Å². The van der Waals surface area contributed by atoms with Gasteiger partial charge in [0.25, 0.3) is 0 Å². The van der Waals surface area contributed by atoms with Crippen molar-refractivity contribution in [1.29, 1.82) is 0 Å². The van der Waals surface area contributed by atoms with E-state index in [0.717, 1.165) is 12.1 Å². The molecule has 2 aromatic heterocycles. The van der Waals surface area contributed by atoms with Gasteiger partial charge >= 0.3 is 6.18 Å². The largest absolute Gasteiger partial charge is 0.416 e. The maximum Gasteiger partial charge on any atom is 0.416 e. The average molecular weight is 266 g/mol. The summed E-state index contributed by atoms with van der Waals surface area (Å²) in [6.07, 6.45) is 2.45. The van der Waals surface area contributed by atoms with Gasteiger partial charge in [-0.05, 0) is 18.2 Å². The van der Waals surface area contributed by atoms with Crippen LogP contribution >= 0.6 is 0 Å². The topological polar surface area (TPSA) is 54.5 Å². The van der Waals surface area contributed by atoms with Crippen molar-refractivity contribution in [2.45, 2.75) is 6.18 Å². The molecule has 0 saturated heterocycles. The van der Waals surface area contributed by atoms with Crippen molar-refractivity contribution in [1.82, 2.24) is 19.9 Å². The standard InChI is InChI=1S/C12H9F3N4/c13-12(14,15)9-2-1-4-18-11(19-5-3-9)10-8-16-6-7-17-10/h1-8H,(H,18,19). The molecule has 0 aromatic carbocycles. The molecule has 0 aliphatic heterocycles. The van der Waals surface area contributed by atoms with Crippen molar-refractivity contribution in [2.24, 2.45) is 0 Å². The van der Waals surface area contributed by atoms with E-state index < -0.39 is 11.7 Å². The summed E-state index contributed by atoms with van der Waals surface area (Å²) in [7, 11) is 0. The van der Waals surface area contributed by atoms with Crippen LogP contribution in [0.25, 0.3) is 11.5 Å². The molecule has 0 radical (unpaired) electrons. The molecule has 0 unspecified atom stereocenters. The van der Waals surface area contributed by atoms with E-state index in [1.54, 1.807) is 0 Å². The normalized spacial score (nSPS) is 10.9. The van der Waals surface area contributed by atoms with Crippen LogP contribution in [0.3, 0.4) is 0 Å². The zero-order chi connectivity index (χ0) is 13.7. The van der Waals surface area contributed by atoms with Crippen LogP contribution in [0, 0.1) is 0 Å². The van der Waals surface area contributed by atoms with Gasteiger partial charge in [0.2, 0.25) is 0 Å². The smallest absolute Gasteiger partial charge is 0.345 e. The van der Waals surface area contributed by atoms with Gasteiger partial charge in [-0.25, -0.2) is 9.97 Å². The fourth-order valence-corrected chi connectivity index (χ4v) is 1.32. The third kappa shape index (κ3) is 3.51. The first kappa shape index (κ1) is 13.0. The molecular weight excluding hydrogens is 257 g/mol. The van der Waals surface area contributed by atoms with E-state index in [1.165, 1.54) is 37.1 Å². The highest BCUT2D eigenvalue weighted by Crippen LogP contribution is 2.27. The lowest BCUT2D eigenvalue weighted by Crippen LogP contribution is -2.02. The predicted molar refractivity (Wildman–Crippen MR) is 62.2 cm³/mol. The maximum absolute atomic E-state index is 12.6. The molecule has 1 N–H and O–H groups in total. The zero-order valence-corrected chi connectivity index (χ0v) is 9.59. The Morgan fingerprint density at radius 3 is 2.53 bits per heavy atom. The predicted octanol–water partition coefficient (Wildman–Crippen LogP) is 3.01. The Balaban J connectivity index is 2.49. The van der Waals surface area contributed by atoms with Gasteiger partial charge in [0.1, 0.15) is 5.69 Å². The molecule has 0 spiro atoms. The van der Waals surface area contributed by atoms with Crippen LogP contribution in [0.1, 0.15) is 5.56 Å². The van der Waals surface area contributed by atoms with Crippen molar-refractivity contribution in [3.05, 3.63) is 54.7 Å². The highest BCUT2D eigenvalue weighted by Gasteiger charge is 2.29. The van der Waals surface area contributed by atoms with Crippen molar-refractivity contribution in [3.8, 4) is 11.5 Å². The van der Waals surface area contributed by atoms with Crippen LogP contribution in [0.4, 0.5) is 13.2 Å². The number of H-pyrrole nitrogens is 1. The number of aromatic amines is 1. The van der Waals surface area contributed by atoms with Gasteiger partial charge in [-0.15, -0.1) is 0 Å². The minimum absolute atomic E-state index is 0.317. The number of rotatable bonds is 1. The van der Waals surface area contributed by atoms with E-state index in [2.05, 4.69) is 19.9 Å². The van der Waals surface area contributed by atoms with Gasteiger partial charge in [0, 0.05) is 24.8 Å². The highest BCUT2D eigenvalue weighted by atomic mass is 19.4. The Morgan fingerprint density at radius 1 is 1.00 bits per heavy atom. The van der Waals surface area contributed by atoms with Gasteiger partial charge < -0.3 is 4.98 Å². The monoisotopic (exact) mass is 266 g/mol. The average Bonchev–Trinajstić information content (AvgIpc) is 2.50. The summed E-state index contributed by atoms with van der Waals surface area (Å²) in [6.45, 7) is 0. The van der Waals surface area contributed by atoms with E-state index in [0.29, 0.717) is 11.5 Å². The van der Waals surface area contributed by atoms with E-state index >= 15 is 0 Å². The van der Waals surface area contributed by atoms with E-state index in [4.69, 9.17) is 0 Å². The molecule has 0 amide bonds. The van der Waals surface area contributed by atoms with Gasteiger partial charge in [-0.1, -0.05) is 0 Å². The number of hydrogen-bond acceptors (Lipinski definition) is 3. The van der Waals surface area contributed by atoms with Crippen molar-refractivity contribution in [3.63, 3.8) is 0 Å². The van der Waals surface area contributed by atoms with Crippen LogP contribution < -0.4 is 0 Å². The van der Waals surface area contributed by atoms with Crippen LogP contribution in [0.15, 0.2) is 49.2 Å². The lowest BCUT2D eigenvalue weighted by Gasteiger charge is -2.02. The Labute approximate surface area is 106 Å². The summed E-state index contributed by atoms with van der Waals surface area (Å²) < 4.78 is 37.7.